The summed E-state index contributed by atoms with van der Waals surface area (Å²) in [6.45, 7) is 20.7. The van der Waals surface area contributed by atoms with Crippen molar-refractivity contribution < 1.29 is 81.5 Å². The van der Waals surface area contributed by atoms with Crippen LogP contribution in [0.15, 0.2) is 89.0 Å². The lowest BCUT2D eigenvalue weighted by Crippen LogP contribution is -2.58. The van der Waals surface area contributed by atoms with E-state index in [0.29, 0.717) is 38.1 Å². The molecule has 106 heavy (non-hydrogen) atoms. The Morgan fingerprint density at radius 2 is 0.840 bits per heavy atom. The van der Waals surface area contributed by atoms with E-state index in [4.69, 9.17) is 54.1 Å². The highest BCUT2D eigenvalue weighted by Gasteiger charge is 2.61. The summed E-state index contributed by atoms with van der Waals surface area (Å²) in [4.78, 5) is 86.1. The van der Waals surface area contributed by atoms with Crippen molar-refractivity contribution in [3.05, 3.63) is 128 Å². The molecule has 0 unspecified atom stereocenters. The molecule has 11 rings (SSSR count). The third-order valence-corrected chi connectivity index (χ3v) is 31.0. The van der Waals surface area contributed by atoms with Gasteiger partial charge in [0.1, 0.15) is 102 Å². The summed E-state index contributed by atoms with van der Waals surface area (Å²) < 4.78 is 167. The Labute approximate surface area is 620 Å². The predicted molar refractivity (Wildman–Crippen MR) is 388 cm³/mol. The van der Waals surface area contributed by atoms with Gasteiger partial charge in [0.05, 0.1) is 103 Å². The minimum absolute atomic E-state index is 0.0320. The highest BCUT2D eigenvalue weighted by Crippen LogP contribution is 2.52. The number of ketones is 2. The zero-order chi connectivity index (χ0) is 78.8. The zero-order valence-electron chi connectivity index (χ0n) is 60.9. The van der Waals surface area contributed by atoms with E-state index < -0.39 is 141 Å². The molecule has 6 aliphatic rings. The van der Waals surface area contributed by atoms with Gasteiger partial charge in [0.2, 0.25) is 0 Å². The van der Waals surface area contributed by atoms with Gasteiger partial charge in [0, 0.05) is 54.6 Å². The fraction of sp³-hybridized carbons (Fsp3) is 0.543. The fourth-order valence-corrected chi connectivity index (χ4v) is 24.0. The molecular formula is C70H84Cl2F7N13O11S3. The molecular weight excluding hydrogens is 1500 g/mol. The van der Waals surface area contributed by atoms with Crippen LogP contribution in [0.3, 0.4) is 0 Å². The molecule has 0 spiro atoms. The van der Waals surface area contributed by atoms with Gasteiger partial charge >= 0.3 is 25.2 Å². The third kappa shape index (κ3) is 15.9. The minimum Gasteiger partial charge on any atom is -0.460 e. The summed E-state index contributed by atoms with van der Waals surface area (Å²) in [6, 6.07) is 9.65. The Balaban J connectivity index is 0.000000187. The number of halogens is 9. The fourth-order valence-electron chi connectivity index (χ4n) is 13.8. The van der Waals surface area contributed by atoms with Gasteiger partial charge in [-0.25, -0.2) is 53.8 Å². The van der Waals surface area contributed by atoms with E-state index in [9.17, 15) is 53.8 Å². The Hall–Kier alpha value is -7.82. The minimum atomic E-state index is -3.09. The largest absolute Gasteiger partial charge is 0.460 e. The van der Waals surface area contributed by atoms with Crippen molar-refractivity contribution in [1.82, 2.24) is 24.9 Å². The molecule has 5 aromatic rings. The molecule has 0 bridgehead atoms. The van der Waals surface area contributed by atoms with Crippen LogP contribution in [0.1, 0.15) is 185 Å². The molecule has 0 fully saturated rings. The van der Waals surface area contributed by atoms with Crippen molar-refractivity contribution in [2.75, 3.05) is 25.4 Å². The Morgan fingerprint density at radius 1 is 0.509 bits per heavy atom. The van der Waals surface area contributed by atoms with Gasteiger partial charge in [0.15, 0.2) is 11.6 Å². The second-order valence-electron chi connectivity index (χ2n) is 30.0. The van der Waals surface area contributed by atoms with Crippen molar-refractivity contribution in [2.45, 2.75) is 220 Å². The van der Waals surface area contributed by atoms with Crippen LogP contribution in [0.25, 0.3) is 0 Å². The van der Waals surface area contributed by atoms with Gasteiger partial charge in [-0.05, 0) is 160 Å². The quantitative estimate of drug-likeness (QED) is 0.0496. The summed E-state index contributed by atoms with van der Waals surface area (Å²) in [5.41, 5.74) is 6.91. The second-order valence-corrected chi connectivity index (χ2v) is 39.8. The van der Waals surface area contributed by atoms with Gasteiger partial charge in [0.25, 0.3) is 0 Å². The highest BCUT2D eigenvalue weighted by molar-refractivity contribution is 7.97. The van der Waals surface area contributed by atoms with Crippen LogP contribution in [0.5, 0.6) is 11.5 Å². The summed E-state index contributed by atoms with van der Waals surface area (Å²) in [5.74, 6) is -4.57. The number of hydrogen-bond acceptors (Lipinski definition) is 24. The average Bonchev–Trinajstić information content (AvgIpc) is 1.66. The monoisotopic (exact) mass is 1580 g/mol. The Bertz CT molecular complexity index is 4890. The van der Waals surface area contributed by atoms with Crippen molar-refractivity contribution in [2.24, 2.45) is 33.8 Å². The number of nitrogens with zero attached hydrogens (tertiary/aromatic N) is 11. The Kier molecular flexibility index (Phi) is 23.0. The van der Waals surface area contributed by atoms with E-state index >= 15 is 8.78 Å². The average molecular weight is 1580 g/mol. The van der Waals surface area contributed by atoms with Gasteiger partial charge in [-0.15, -0.1) is 0 Å². The smallest absolute Gasteiger partial charge is 0.387 e. The maximum absolute atomic E-state index is 15.5. The van der Waals surface area contributed by atoms with Crippen molar-refractivity contribution in [3.63, 3.8) is 0 Å². The molecule has 0 saturated carbocycles. The summed E-state index contributed by atoms with van der Waals surface area (Å²) in [7, 11) is -8.81. The number of anilines is 1. The molecule has 0 amide bonds. The molecule has 6 aliphatic heterocycles. The van der Waals surface area contributed by atoms with Crippen molar-refractivity contribution >= 4 is 99.0 Å². The molecule has 4 N–H and O–H groups in total. The van der Waals surface area contributed by atoms with E-state index in [1.807, 2.05) is 0 Å². The number of ether oxygens (including phenoxy) is 4. The van der Waals surface area contributed by atoms with Gasteiger partial charge < -0.3 is 30.4 Å². The van der Waals surface area contributed by atoms with Crippen LogP contribution < -0.4 is 20.9 Å². The van der Waals surface area contributed by atoms with Crippen LogP contribution in [-0.2, 0) is 77.7 Å². The topological polar surface area (TPSA) is 347 Å². The van der Waals surface area contributed by atoms with E-state index in [-0.39, 0.29) is 111 Å². The van der Waals surface area contributed by atoms with Crippen LogP contribution in [-0.4, -0.2) is 152 Å². The van der Waals surface area contributed by atoms with Crippen molar-refractivity contribution in [1.29, 1.82) is 0 Å². The van der Waals surface area contributed by atoms with E-state index in [2.05, 4.69) is 52.5 Å². The highest BCUT2D eigenvalue weighted by atomic mass is 35.5. The number of hydrogen-bond donors (Lipinski definition) is 2. The number of nitrogens with two attached hydrogens (primary N) is 2. The first-order valence-corrected chi connectivity index (χ1v) is 39.0. The van der Waals surface area contributed by atoms with E-state index in [1.54, 1.807) is 104 Å². The molecule has 5 aromatic heterocycles. The van der Waals surface area contributed by atoms with Gasteiger partial charge in [-0.2, -0.15) is 17.6 Å². The first-order valence-electron chi connectivity index (χ1n) is 33.5. The van der Waals surface area contributed by atoms with E-state index in [0.717, 1.165) is 36.7 Å². The molecule has 0 saturated heterocycles. The number of aliphatic imine (C=N–C) groups is 3. The lowest BCUT2D eigenvalue weighted by molar-refractivity contribution is -0.154. The maximum Gasteiger partial charge on any atom is 0.387 e. The van der Waals surface area contributed by atoms with Crippen LogP contribution in [0.4, 0.5) is 36.6 Å². The SMILES string of the molecule is CC(C)(C)OC(=O)CC1=N[C@](C)(c2nc(CC(=O)c3ncc(OC(F)F)cc3Cl)ccc2F)[C@@H]2CCN=[S@]2(=O)C1(C)C.CC(C)(C)OC(=O)CC1=N[C@](C)(c2nc(N)ccc2F)[C@@H]2CCN=[S@]2(=O)C1(C)C.CC1(C)C(N)=N[C@](C)(c2nc(CC(=O)c3ncc(OC(F)F)cc3Cl)ccc2F)[C@@H]2CCN=[S@@]21=O. The van der Waals surface area contributed by atoms with Gasteiger partial charge in [-0.1, -0.05) is 23.2 Å². The number of carbonyl (C=O) groups excluding carboxylic acids is 4. The number of esters is 2. The molecule has 24 nitrogen and oxygen atoms in total. The molecule has 36 heteroatoms. The number of rotatable bonds is 17. The summed E-state index contributed by atoms with van der Waals surface area (Å²) >= 11 is 12.1. The number of amidine groups is 1. The molecule has 0 radical (unpaired) electrons. The number of pyridine rings is 5. The Morgan fingerprint density at radius 3 is 1.18 bits per heavy atom. The number of Topliss-reactive ketones (excluding diaryl/α,β-unsaturated/α-hetero) is 2. The normalized spacial score (nSPS) is 27.3. The van der Waals surface area contributed by atoms with E-state index in [1.165, 1.54) is 24.3 Å². The first-order chi connectivity index (χ1) is 48.9. The molecule has 11 heterocycles. The third-order valence-electron chi connectivity index (χ3n) is 19.2. The molecule has 9 atom stereocenters. The number of alkyl halides is 4. The standard InChI is InChI=1S/C28H32ClF3N4O5S.C22H23ClF3N5O3S.C20H29FN4O3S/c1-26(2,3)41-22(38)13-20-27(4,5)42(39)21(9-10-34-42)28(6,36-20)24-18(30)8-7-15(35-24)11-19(37)23-17(29)12-16(14-33-23)40-25(31)32;1-21(2)19(27)31-22(3,16-6-7-29-35(16,21)33)18-14(24)5-4-11(30-18)8-15(32)17-13(23)9-12(10-28-17)34-20(25)26;1-18(2,3)28-16(26)11-13-19(4,5)29(27)14(9-10-23-29)20(6,25-13)17-12(21)7-8-15(22)24-17/h7-8,12,14,21,25H,9-11,13H2,1-6H3;4-5,9-10,16,20H,6-8H2,1-3H3,(H2,27,31);7-8,14H,9-11H2,1-6H3,(H2,22,24)/t21-,28-,42+;16-,22-,35+;14-,20-,29+/m000/s1. The zero-order valence-corrected chi connectivity index (χ0v) is 64.9. The lowest BCUT2D eigenvalue weighted by Gasteiger charge is -2.45. The maximum atomic E-state index is 15.5. The number of nitrogen functional groups attached to an aromatic ring is 1. The van der Waals surface area contributed by atoms with Crippen LogP contribution in [0.2, 0.25) is 10.0 Å². The predicted octanol–water partition coefficient (Wildman–Crippen LogP) is 12.8. The summed E-state index contributed by atoms with van der Waals surface area (Å²) in [5, 5.41) is -2.25. The second kappa shape index (κ2) is 29.6. The number of aromatic nitrogens is 5. The van der Waals surface area contributed by atoms with Crippen LogP contribution >= 0.6 is 23.2 Å². The summed E-state index contributed by atoms with van der Waals surface area (Å²) in [6.07, 6.45) is 2.11. The molecule has 0 aromatic carbocycles. The van der Waals surface area contributed by atoms with Crippen LogP contribution in [0, 0.1) is 17.5 Å². The molecule has 0 aliphatic carbocycles. The van der Waals surface area contributed by atoms with Crippen molar-refractivity contribution in [3.8, 4) is 11.5 Å². The lowest BCUT2D eigenvalue weighted by atomic mass is 9.88. The molecule has 576 valence electrons. The number of carbonyl (C=O) groups is 4. The first kappa shape index (κ1) is 82.2. The van der Waals surface area contributed by atoms with Gasteiger partial charge in [-0.3, -0.25) is 44.1 Å². The number of fused-ring (bicyclic) bond motifs is 3.